The normalized spacial score (nSPS) is 14.7. The van der Waals surface area contributed by atoms with Gasteiger partial charge in [-0.25, -0.2) is 4.98 Å². The van der Waals surface area contributed by atoms with Crippen LogP contribution in [0.2, 0.25) is 0 Å². The molecule has 0 aliphatic heterocycles. The molecule has 2 aromatic heterocycles. The van der Waals surface area contributed by atoms with Gasteiger partial charge in [-0.05, 0) is 19.8 Å². The van der Waals surface area contributed by atoms with Crippen molar-refractivity contribution in [1.29, 1.82) is 0 Å². The summed E-state index contributed by atoms with van der Waals surface area (Å²) in [5, 5.41) is 13.1. The van der Waals surface area contributed by atoms with Gasteiger partial charge in [-0.3, -0.25) is 9.89 Å². The van der Waals surface area contributed by atoms with Crippen molar-refractivity contribution >= 4 is 5.91 Å². The average molecular weight is 247 g/mol. The Morgan fingerprint density at radius 1 is 1.61 bits per heavy atom. The third-order valence-corrected chi connectivity index (χ3v) is 2.77. The van der Waals surface area contributed by atoms with E-state index in [2.05, 4.69) is 25.7 Å². The van der Waals surface area contributed by atoms with Gasteiger partial charge in [-0.15, -0.1) is 5.10 Å². The molecular weight excluding hydrogens is 234 g/mol. The Labute approximate surface area is 103 Å². The molecule has 7 nitrogen and oxygen atoms in total. The number of rotatable bonds is 4. The molecule has 1 fully saturated rings. The first kappa shape index (κ1) is 10.9. The molecule has 0 aromatic carbocycles. The van der Waals surface area contributed by atoms with E-state index in [1.165, 1.54) is 0 Å². The maximum Gasteiger partial charge on any atom is 0.291 e. The van der Waals surface area contributed by atoms with E-state index in [0.717, 1.165) is 24.4 Å². The standard InChI is InChI=1S/C11H13N5O2/c1-6-4-8(18-16-6)5-12-11(17)10-13-9(14-15-10)7-2-3-7/h4,7H,2-3,5H2,1H3,(H,12,17)(H,13,14,15). The molecule has 18 heavy (non-hydrogen) atoms. The van der Waals surface area contributed by atoms with Crippen LogP contribution < -0.4 is 5.32 Å². The quantitative estimate of drug-likeness (QED) is 0.837. The fourth-order valence-electron chi connectivity index (χ4n) is 1.66. The number of carbonyl (C=O) groups excluding carboxylic acids is 1. The second-order valence-electron chi connectivity index (χ2n) is 4.44. The topological polar surface area (TPSA) is 96.7 Å². The van der Waals surface area contributed by atoms with E-state index in [4.69, 9.17) is 4.52 Å². The molecule has 7 heteroatoms. The molecule has 1 saturated carbocycles. The van der Waals surface area contributed by atoms with Crippen molar-refractivity contribution in [2.45, 2.75) is 32.2 Å². The highest BCUT2D eigenvalue weighted by molar-refractivity contribution is 5.90. The van der Waals surface area contributed by atoms with E-state index in [1.54, 1.807) is 6.07 Å². The van der Waals surface area contributed by atoms with Gasteiger partial charge in [0.15, 0.2) is 5.76 Å². The number of carbonyl (C=O) groups is 1. The first-order chi connectivity index (χ1) is 8.72. The largest absolute Gasteiger partial charge is 0.359 e. The molecular formula is C11H13N5O2. The van der Waals surface area contributed by atoms with Gasteiger partial charge in [-0.1, -0.05) is 5.16 Å². The highest BCUT2D eigenvalue weighted by Gasteiger charge is 2.28. The summed E-state index contributed by atoms with van der Waals surface area (Å²) >= 11 is 0. The van der Waals surface area contributed by atoms with Gasteiger partial charge in [-0.2, -0.15) is 0 Å². The number of hydrogen-bond donors (Lipinski definition) is 2. The Bertz CT molecular complexity index is 570. The van der Waals surface area contributed by atoms with Gasteiger partial charge < -0.3 is 9.84 Å². The van der Waals surface area contributed by atoms with Crippen molar-refractivity contribution < 1.29 is 9.32 Å². The highest BCUT2D eigenvalue weighted by Crippen LogP contribution is 2.37. The van der Waals surface area contributed by atoms with Gasteiger partial charge in [0.2, 0.25) is 5.82 Å². The van der Waals surface area contributed by atoms with Crippen molar-refractivity contribution in [3.8, 4) is 0 Å². The summed E-state index contributed by atoms with van der Waals surface area (Å²) in [5.41, 5.74) is 0.785. The number of nitrogens with one attached hydrogen (secondary N) is 2. The van der Waals surface area contributed by atoms with E-state index in [-0.39, 0.29) is 18.3 Å². The maximum atomic E-state index is 11.8. The number of aromatic nitrogens is 4. The maximum absolute atomic E-state index is 11.8. The first-order valence-corrected chi connectivity index (χ1v) is 5.85. The predicted octanol–water partition coefficient (Wildman–Crippen LogP) is 0.909. The summed E-state index contributed by atoms with van der Waals surface area (Å²) in [5.74, 6) is 1.73. The molecule has 3 rings (SSSR count). The Kier molecular flexibility index (Phi) is 2.58. The second kappa shape index (κ2) is 4.25. The molecule has 2 N–H and O–H groups in total. The Morgan fingerprint density at radius 2 is 2.44 bits per heavy atom. The average Bonchev–Trinajstić information content (AvgIpc) is 2.94. The summed E-state index contributed by atoms with van der Waals surface area (Å²) in [6.45, 7) is 2.11. The van der Waals surface area contributed by atoms with Crippen LogP contribution in [-0.2, 0) is 6.54 Å². The fourth-order valence-corrected chi connectivity index (χ4v) is 1.66. The van der Waals surface area contributed by atoms with Crippen LogP contribution in [0.1, 0.15) is 46.7 Å². The first-order valence-electron chi connectivity index (χ1n) is 5.85. The molecule has 1 aliphatic carbocycles. The molecule has 2 heterocycles. The van der Waals surface area contributed by atoms with Crippen LogP contribution in [0.4, 0.5) is 0 Å². The van der Waals surface area contributed by atoms with E-state index < -0.39 is 0 Å². The molecule has 94 valence electrons. The third-order valence-electron chi connectivity index (χ3n) is 2.77. The lowest BCUT2D eigenvalue weighted by molar-refractivity contribution is 0.0937. The van der Waals surface area contributed by atoms with Gasteiger partial charge in [0.05, 0.1) is 12.2 Å². The lowest BCUT2D eigenvalue weighted by atomic mass is 10.4. The summed E-state index contributed by atoms with van der Waals surface area (Å²) in [4.78, 5) is 15.9. The zero-order valence-corrected chi connectivity index (χ0v) is 9.93. The van der Waals surface area contributed by atoms with E-state index >= 15 is 0 Å². The minimum Gasteiger partial charge on any atom is -0.359 e. The minimum absolute atomic E-state index is 0.174. The number of hydrogen-bond acceptors (Lipinski definition) is 5. The van der Waals surface area contributed by atoms with E-state index in [1.807, 2.05) is 6.92 Å². The molecule has 1 aliphatic rings. The molecule has 0 atom stereocenters. The van der Waals surface area contributed by atoms with Gasteiger partial charge in [0.25, 0.3) is 5.91 Å². The molecule has 0 spiro atoms. The lowest BCUT2D eigenvalue weighted by Crippen LogP contribution is -2.23. The molecule has 0 unspecified atom stereocenters. The number of amides is 1. The van der Waals surface area contributed by atoms with Crippen LogP contribution in [0.5, 0.6) is 0 Å². The fraction of sp³-hybridized carbons (Fsp3) is 0.455. The van der Waals surface area contributed by atoms with Crippen LogP contribution in [-0.4, -0.2) is 26.2 Å². The summed E-state index contributed by atoms with van der Waals surface area (Å²) in [6.07, 6.45) is 2.24. The van der Waals surface area contributed by atoms with Crippen molar-refractivity contribution in [3.63, 3.8) is 0 Å². The number of aromatic amines is 1. The van der Waals surface area contributed by atoms with Gasteiger partial charge in [0.1, 0.15) is 5.82 Å². The van der Waals surface area contributed by atoms with Crippen LogP contribution in [0, 0.1) is 6.92 Å². The van der Waals surface area contributed by atoms with Gasteiger partial charge >= 0.3 is 0 Å². The Morgan fingerprint density at radius 3 is 3.11 bits per heavy atom. The van der Waals surface area contributed by atoms with Crippen LogP contribution in [0.15, 0.2) is 10.6 Å². The molecule has 0 saturated heterocycles. The third kappa shape index (κ3) is 2.24. The number of H-pyrrole nitrogens is 1. The minimum atomic E-state index is -0.313. The van der Waals surface area contributed by atoms with Gasteiger partial charge in [0, 0.05) is 12.0 Å². The highest BCUT2D eigenvalue weighted by atomic mass is 16.5. The van der Waals surface area contributed by atoms with E-state index in [9.17, 15) is 4.79 Å². The zero-order chi connectivity index (χ0) is 12.5. The Balaban J connectivity index is 1.59. The smallest absolute Gasteiger partial charge is 0.291 e. The monoisotopic (exact) mass is 247 g/mol. The predicted molar refractivity (Wildman–Crippen MR) is 60.8 cm³/mol. The molecule has 0 bridgehead atoms. The van der Waals surface area contributed by atoms with Crippen molar-refractivity contribution in [3.05, 3.63) is 29.2 Å². The molecule has 2 aromatic rings. The van der Waals surface area contributed by atoms with Crippen LogP contribution >= 0.6 is 0 Å². The number of aryl methyl sites for hydroxylation is 1. The number of nitrogens with zero attached hydrogens (tertiary/aromatic N) is 3. The summed E-state index contributed by atoms with van der Waals surface area (Å²) < 4.78 is 4.99. The SMILES string of the molecule is Cc1cc(CNC(=O)c2n[nH]c(C3CC3)n2)on1. The molecule has 1 amide bonds. The van der Waals surface area contributed by atoms with Crippen molar-refractivity contribution in [2.75, 3.05) is 0 Å². The van der Waals surface area contributed by atoms with Crippen LogP contribution in [0.3, 0.4) is 0 Å². The second-order valence-corrected chi connectivity index (χ2v) is 4.44. The Hall–Kier alpha value is -2.18. The molecule has 0 radical (unpaired) electrons. The summed E-state index contributed by atoms with van der Waals surface area (Å²) in [7, 11) is 0. The van der Waals surface area contributed by atoms with E-state index in [0.29, 0.717) is 11.7 Å². The summed E-state index contributed by atoms with van der Waals surface area (Å²) in [6, 6.07) is 1.77. The lowest BCUT2D eigenvalue weighted by Gasteiger charge is -1.97. The zero-order valence-electron chi connectivity index (χ0n) is 9.93. The van der Waals surface area contributed by atoms with Crippen molar-refractivity contribution in [1.82, 2.24) is 25.7 Å². The van der Waals surface area contributed by atoms with Crippen molar-refractivity contribution in [2.24, 2.45) is 0 Å². The van der Waals surface area contributed by atoms with Crippen LogP contribution in [0.25, 0.3) is 0 Å².